The van der Waals surface area contributed by atoms with E-state index in [1.165, 1.54) is 4.90 Å². The Balaban J connectivity index is 2.16. The van der Waals surface area contributed by atoms with Crippen molar-refractivity contribution in [3.8, 4) is 0 Å². The lowest BCUT2D eigenvalue weighted by atomic mass is 9.94. The monoisotopic (exact) mass is 287 g/mol. The first-order valence-corrected chi connectivity index (χ1v) is 6.91. The van der Waals surface area contributed by atoms with E-state index in [4.69, 9.17) is 0 Å². The molecule has 0 unspecified atom stereocenters. The number of nitrogens with one attached hydrogen (secondary N) is 1. The van der Waals surface area contributed by atoms with Gasteiger partial charge in [0.15, 0.2) is 0 Å². The Bertz CT molecular complexity index is 748. The van der Waals surface area contributed by atoms with Crippen LogP contribution >= 0.6 is 0 Å². The lowest BCUT2D eigenvalue weighted by molar-refractivity contribution is -0.144. The fourth-order valence-corrected chi connectivity index (χ4v) is 3.03. The molecule has 6 nitrogen and oxygen atoms in total. The number of hydrogen-bond donors (Lipinski definition) is 2. The lowest BCUT2D eigenvalue weighted by Gasteiger charge is -2.34. The van der Waals surface area contributed by atoms with Crippen molar-refractivity contribution < 1.29 is 14.7 Å². The minimum atomic E-state index is -0.972. The van der Waals surface area contributed by atoms with Crippen LogP contribution < -0.4 is 0 Å². The first kappa shape index (κ1) is 13.6. The number of H-pyrrole nitrogens is 1. The molecule has 0 aromatic carbocycles. The van der Waals surface area contributed by atoms with E-state index < -0.39 is 12.0 Å². The third-order valence-electron chi connectivity index (χ3n) is 4.06. The molecular weight excluding hydrogens is 270 g/mol. The largest absolute Gasteiger partial charge is 0.480 e. The lowest BCUT2D eigenvalue weighted by Crippen LogP contribution is -2.49. The summed E-state index contributed by atoms with van der Waals surface area (Å²) >= 11 is 0. The molecule has 3 heterocycles. The number of amides is 1. The number of aryl methyl sites for hydroxylation is 1. The van der Waals surface area contributed by atoms with Crippen LogP contribution in [0, 0.1) is 12.8 Å². The Morgan fingerprint density at radius 2 is 2.19 bits per heavy atom. The average molecular weight is 287 g/mol. The van der Waals surface area contributed by atoms with Crippen LogP contribution in [0.15, 0.2) is 12.4 Å². The zero-order valence-electron chi connectivity index (χ0n) is 12.2. The van der Waals surface area contributed by atoms with Crippen molar-refractivity contribution in [2.75, 3.05) is 0 Å². The van der Waals surface area contributed by atoms with Crippen LogP contribution in [0.5, 0.6) is 0 Å². The van der Waals surface area contributed by atoms with Gasteiger partial charge >= 0.3 is 5.97 Å². The molecule has 0 aliphatic carbocycles. The molecule has 1 aliphatic heterocycles. The molecular formula is C15H17N3O3. The molecule has 0 bridgehead atoms. The number of aromatic nitrogens is 2. The second kappa shape index (κ2) is 4.58. The second-order valence-electron chi connectivity index (χ2n) is 5.81. The molecule has 0 saturated heterocycles. The second-order valence-corrected chi connectivity index (χ2v) is 5.81. The van der Waals surface area contributed by atoms with Gasteiger partial charge in [0.2, 0.25) is 0 Å². The summed E-state index contributed by atoms with van der Waals surface area (Å²) < 4.78 is 0. The van der Waals surface area contributed by atoms with E-state index >= 15 is 0 Å². The van der Waals surface area contributed by atoms with Crippen LogP contribution in [-0.2, 0) is 11.3 Å². The Hall–Kier alpha value is -2.37. The van der Waals surface area contributed by atoms with E-state index in [-0.39, 0.29) is 11.8 Å². The summed E-state index contributed by atoms with van der Waals surface area (Å²) in [5.74, 6) is -1.38. The van der Waals surface area contributed by atoms with E-state index in [1.807, 2.05) is 20.8 Å². The summed E-state index contributed by atoms with van der Waals surface area (Å²) in [5.41, 5.74) is 3.13. The third kappa shape index (κ3) is 1.90. The molecule has 110 valence electrons. The number of pyridine rings is 1. The molecule has 0 saturated carbocycles. The van der Waals surface area contributed by atoms with E-state index in [0.717, 1.165) is 16.5 Å². The molecule has 21 heavy (non-hydrogen) atoms. The molecule has 2 aromatic rings. The van der Waals surface area contributed by atoms with Crippen molar-refractivity contribution in [1.29, 1.82) is 0 Å². The Labute approximate surface area is 121 Å². The van der Waals surface area contributed by atoms with Gasteiger partial charge < -0.3 is 15.0 Å². The number of rotatable bonds is 3. The highest BCUT2D eigenvalue weighted by atomic mass is 16.4. The zero-order valence-corrected chi connectivity index (χ0v) is 12.2. The predicted molar refractivity (Wildman–Crippen MR) is 77.0 cm³/mol. The molecule has 2 N–H and O–H groups in total. The first-order valence-electron chi connectivity index (χ1n) is 6.91. The van der Waals surface area contributed by atoms with E-state index in [0.29, 0.717) is 17.8 Å². The fraction of sp³-hybridized carbons (Fsp3) is 0.400. The number of aliphatic carboxylic acids is 1. The van der Waals surface area contributed by atoms with Crippen molar-refractivity contribution in [3.05, 3.63) is 29.1 Å². The Kier molecular flexibility index (Phi) is 2.97. The van der Waals surface area contributed by atoms with Crippen LogP contribution in [0.4, 0.5) is 0 Å². The minimum Gasteiger partial charge on any atom is -0.480 e. The Morgan fingerprint density at radius 1 is 1.48 bits per heavy atom. The number of carboxylic acids is 1. The normalized spacial score (nSPS) is 15.8. The molecule has 1 atom stereocenters. The highest BCUT2D eigenvalue weighted by Gasteiger charge is 2.37. The summed E-state index contributed by atoms with van der Waals surface area (Å²) in [4.78, 5) is 32.9. The summed E-state index contributed by atoms with van der Waals surface area (Å²) in [5, 5.41) is 10.3. The summed E-state index contributed by atoms with van der Waals surface area (Å²) in [6.07, 6.45) is 3.37. The van der Waals surface area contributed by atoms with E-state index in [9.17, 15) is 14.7 Å². The third-order valence-corrected chi connectivity index (χ3v) is 4.06. The van der Waals surface area contributed by atoms with Gasteiger partial charge in [-0.05, 0) is 24.0 Å². The van der Waals surface area contributed by atoms with Crippen molar-refractivity contribution in [2.24, 2.45) is 5.92 Å². The van der Waals surface area contributed by atoms with Crippen molar-refractivity contribution >= 4 is 22.9 Å². The van der Waals surface area contributed by atoms with E-state index in [1.54, 1.807) is 12.4 Å². The molecule has 3 rings (SSSR count). The van der Waals surface area contributed by atoms with Gasteiger partial charge in [-0.1, -0.05) is 13.8 Å². The van der Waals surface area contributed by atoms with Crippen molar-refractivity contribution in [3.63, 3.8) is 0 Å². The smallest absolute Gasteiger partial charge is 0.326 e. The molecule has 0 spiro atoms. The molecule has 2 aromatic heterocycles. The number of carbonyl (C=O) groups excluding carboxylic acids is 1. The van der Waals surface area contributed by atoms with Gasteiger partial charge in [0.25, 0.3) is 5.91 Å². The molecule has 0 radical (unpaired) electrons. The molecule has 1 aliphatic rings. The van der Waals surface area contributed by atoms with Gasteiger partial charge in [0, 0.05) is 24.3 Å². The maximum absolute atomic E-state index is 12.6. The highest BCUT2D eigenvalue weighted by molar-refractivity contribution is 6.10. The molecule has 1 amide bonds. The van der Waals surface area contributed by atoms with Gasteiger partial charge in [-0.15, -0.1) is 0 Å². The quantitative estimate of drug-likeness (QED) is 0.903. The van der Waals surface area contributed by atoms with Crippen LogP contribution in [0.25, 0.3) is 11.0 Å². The number of carboxylic acid groups (broad SMARTS) is 1. The topological polar surface area (TPSA) is 86.3 Å². The summed E-state index contributed by atoms with van der Waals surface area (Å²) in [7, 11) is 0. The van der Waals surface area contributed by atoms with Crippen LogP contribution in [0.1, 0.15) is 35.3 Å². The first-order chi connectivity index (χ1) is 9.91. The standard InChI is InChI=1S/C15H17N3O3/c1-7(2)12(15(20)21)18-6-10-8(3)4-16-13-11(10)9(5-17-13)14(18)19/h4-5,7,12H,6H2,1-3H3,(H,16,17)(H,20,21)/t12-/m1/s1. The van der Waals surface area contributed by atoms with Crippen molar-refractivity contribution in [2.45, 2.75) is 33.4 Å². The van der Waals surface area contributed by atoms with Crippen molar-refractivity contribution in [1.82, 2.24) is 14.9 Å². The maximum Gasteiger partial charge on any atom is 0.326 e. The van der Waals surface area contributed by atoms with Gasteiger partial charge in [-0.25, -0.2) is 9.78 Å². The summed E-state index contributed by atoms with van der Waals surface area (Å²) in [6.45, 7) is 5.86. The molecule has 0 fully saturated rings. The Morgan fingerprint density at radius 3 is 2.81 bits per heavy atom. The van der Waals surface area contributed by atoms with Crippen LogP contribution in [-0.4, -0.2) is 37.9 Å². The van der Waals surface area contributed by atoms with Gasteiger partial charge in [0.1, 0.15) is 11.7 Å². The number of carbonyl (C=O) groups is 2. The number of aromatic amines is 1. The minimum absolute atomic E-state index is 0.162. The average Bonchev–Trinajstić information content (AvgIpc) is 2.82. The maximum atomic E-state index is 12.6. The zero-order chi connectivity index (χ0) is 15.3. The fourth-order valence-electron chi connectivity index (χ4n) is 3.03. The number of hydrogen-bond acceptors (Lipinski definition) is 3. The van der Waals surface area contributed by atoms with Gasteiger partial charge in [-0.3, -0.25) is 4.79 Å². The van der Waals surface area contributed by atoms with E-state index in [2.05, 4.69) is 9.97 Å². The predicted octanol–water partition coefficient (Wildman–Crippen LogP) is 1.94. The number of nitrogens with zero attached hydrogens (tertiary/aromatic N) is 2. The highest BCUT2D eigenvalue weighted by Crippen LogP contribution is 2.32. The van der Waals surface area contributed by atoms with Gasteiger partial charge in [-0.2, -0.15) is 0 Å². The van der Waals surface area contributed by atoms with Gasteiger partial charge in [0.05, 0.1) is 5.56 Å². The van der Waals surface area contributed by atoms with Crippen LogP contribution in [0.3, 0.4) is 0 Å². The SMILES string of the molecule is Cc1cnc2[nH]cc3c2c1CN([C@@H](C(=O)O)C(C)C)C3=O. The summed E-state index contributed by atoms with van der Waals surface area (Å²) in [6, 6.07) is -0.830. The van der Waals surface area contributed by atoms with Crippen LogP contribution in [0.2, 0.25) is 0 Å². The molecule has 6 heteroatoms.